The standard InChI is InChI=1S/C13H22N2O10P2S/c1-3-22-26(20,23-4-2)27(21,28)24-7-8-10(17)11(18)12(25-8)15-6-5-9(16)14-13(15)19/h5-6,8,10-12,17-18H,3-4,7H2,1-2H3,(H,21,28)(H,14,16,19)/t8-,10-,11-,12-,27?/m1/s1. The fourth-order valence-corrected chi connectivity index (χ4v) is 7.20. The Morgan fingerprint density at radius 2 is 1.82 bits per heavy atom. The number of nitrogens with zero attached hydrogens (tertiary/aromatic N) is 1. The summed E-state index contributed by atoms with van der Waals surface area (Å²) in [5.41, 5.74) is -1.49. The van der Waals surface area contributed by atoms with E-state index >= 15 is 0 Å². The van der Waals surface area contributed by atoms with E-state index in [9.17, 15) is 29.3 Å². The second kappa shape index (κ2) is 9.40. The molecule has 1 unspecified atom stereocenters. The van der Waals surface area contributed by atoms with E-state index in [1.54, 1.807) is 0 Å². The molecule has 1 aliphatic rings. The van der Waals surface area contributed by atoms with Gasteiger partial charge in [0.25, 0.3) is 5.56 Å². The van der Waals surface area contributed by atoms with Crippen molar-refractivity contribution < 1.29 is 38.0 Å². The highest BCUT2D eigenvalue weighted by Crippen LogP contribution is 2.81. The molecule has 2 rings (SSSR count). The molecular formula is C13H22N2O10P2S. The first-order valence-electron chi connectivity index (χ1n) is 8.26. The topological polar surface area (TPSA) is 170 Å². The van der Waals surface area contributed by atoms with Crippen LogP contribution in [0.5, 0.6) is 0 Å². The summed E-state index contributed by atoms with van der Waals surface area (Å²) >= 11 is 4.91. The molecule has 1 aromatic heterocycles. The fraction of sp³-hybridized carbons (Fsp3) is 0.692. The molecule has 0 bridgehead atoms. The number of rotatable bonds is 9. The zero-order chi connectivity index (χ0) is 21.1. The molecule has 5 atom stereocenters. The molecule has 15 heteroatoms. The summed E-state index contributed by atoms with van der Waals surface area (Å²) in [4.78, 5) is 35.4. The highest BCUT2D eigenvalue weighted by Gasteiger charge is 2.48. The molecular weight excluding hydrogens is 438 g/mol. The smallest absolute Gasteiger partial charge is 0.387 e. The Hall–Kier alpha value is -0.720. The number of hydrogen-bond donors (Lipinski definition) is 4. The zero-order valence-electron chi connectivity index (χ0n) is 15.0. The van der Waals surface area contributed by atoms with Crippen molar-refractivity contribution >= 4 is 25.3 Å². The number of H-pyrrole nitrogens is 1. The fourth-order valence-electron chi connectivity index (χ4n) is 2.48. The van der Waals surface area contributed by atoms with Gasteiger partial charge in [0.2, 0.25) is 0 Å². The minimum absolute atomic E-state index is 0.0436. The first-order valence-corrected chi connectivity index (χ1v) is 13.2. The van der Waals surface area contributed by atoms with Crippen molar-refractivity contribution in [1.29, 1.82) is 0 Å². The number of aromatic nitrogens is 2. The van der Waals surface area contributed by atoms with Crippen molar-refractivity contribution in [3.63, 3.8) is 0 Å². The summed E-state index contributed by atoms with van der Waals surface area (Å²) in [6.45, 7) is 2.43. The molecule has 0 radical (unpaired) electrons. The molecule has 160 valence electrons. The van der Waals surface area contributed by atoms with Gasteiger partial charge in [-0.05, 0) is 25.7 Å². The van der Waals surface area contributed by atoms with Gasteiger partial charge in [-0.15, -0.1) is 0 Å². The third-order valence-electron chi connectivity index (χ3n) is 3.76. The van der Waals surface area contributed by atoms with E-state index in [0.717, 1.165) is 16.8 Å². The molecule has 0 amide bonds. The van der Waals surface area contributed by atoms with Gasteiger partial charge < -0.3 is 33.4 Å². The summed E-state index contributed by atoms with van der Waals surface area (Å²) < 4.78 is 34.1. The van der Waals surface area contributed by atoms with Gasteiger partial charge in [0.1, 0.15) is 18.3 Å². The maximum absolute atomic E-state index is 12.6. The van der Waals surface area contributed by atoms with E-state index in [2.05, 4.69) is 0 Å². The monoisotopic (exact) mass is 460 g/mol. The van der Waals surface area contributed by atoms with Gasteiger partial charge in [-0.25, -0.2) is 9.36 Å². The number of hydrogen-bond acceptors (Lipinski definition) is 10. The number of nitrogens with one attached hydrogen (secondary N) is 1. The minimum atomic E-state index is -4.14. The van der Waals surface area contributed by atoms with Crippen LogP contribution in [0.3, 0.4) is 0 Å². The van der Waals surface area contributed by atoms with Gasteiger partial charge in [0.05, 0.1) is 19.8 Å². The average Bonchev–Trinajstić information content (AvgIpc) is 2.89. The lowest BCUT2D eigenvalue weighted by Gasteiger charge is -2.26. The van der Waals surface area contributed by atoms with Crippen LogP contribution in [0.4, 0.5) is 0 Å². The molecule has 28 heavy (non-hydrogen) atoms. The molecule has 1 fully saturated rings. The lowest BCUT2D eigenvalue weighted by atomic mass is 10.1. The van der Waals surface area contributed by atoms with Crippen LogP contribution in [0.2, 0.25) is 0 Å². The first-order chi connectivity index (χ1) is 13.1. The Morgan fingerprint density at radius 1 is 1.21 bits per heavy atom. The summed E-state index contributed by atoms with van der Waals surface area (Å²) in [5, 5.41) is 20.3. The van der Waals surface area contributed by atoms with Crippen molar-refractivity contribution in [2.45, 2.75) is 38.4 Å². The third kappa shape index (κ3) is 4.88. The molecule has 4 N–H and O–H groups in total. The minimum Gasteiger partial charge on any atom is -0.387 e. The lowest BCUT2D eigenvalue weighted by molar-refractivity contribution is -0.0513. The van der Waals surface area contributed by atoms with Gasteiger partial charge >= 0.3 is 19.2 Å². The van der Waals surface area contributed by atoms with Crippen molar-refractivity contribution in [3.05, 3.63) is 33.1 Å². The van der Waals surface area contributed by atoms with Gasteiger partial charge in [-0.3, -0.25) is 14.3 Å². The molecule has 1 aromatic rings. The van der Waals surface area contributed by atoms with Crippen LogP contribution in [0.15, 0.2) is 21.9 Å². The predicted molar refractivity (Wildman–Crippen MR) is 101 cm³/mol. The molecule has 0 saturated carbocycles. The Bertz CT molecular complexity index is 879. The largest absolute Gasteiger partial charge is 0.411 e. The Morgan fingerprint density at radius 3 is 2.36 bits per heavy atom. The summed E-state index contributed by atoms with van der Waals surface area (Å²) in [6, 6.07) is 1.04. The number of ether oxygens (including phenoxy) is 1. The molecule has 1 saturated heterocycles. The first kappa shape index (κ1) is 23.6. The van der Waals surface area contributed by atoms with Crippen LogP contribution in [0.1, 0.15) is 20.1 Å². The summed E-state index contributed by atoms with van der Waals surface area (Å²) in [6.07, 6.45) is -8.60. The second-order valence-corrected chi connectivity index (χ2v) is 13.7. The third-order valence-corrected chi connectivity index (χ3v) is 11.0. The lowest BCUT2D eigenvalue weighted by Crippen LogP contribution is -2.37. The predicted octanol–water partition coefficient (Wildman–Crippen LogP) is -0.345. The van der Waals surface area contributed by atoms with E-state index in [1.807, 2.05) is 4.98 Å². The van der Waals surface area contributed by atoms with Crippen molar-refractivity contribution in [1.82, 2.24) is 9.55 Å². The van der Waals surface area contributed by atoms with Crippen LogP contribution in [-0.2, 0) is 34.7 Å². The average molecular weight is 460 g/mol. The van der Waals surface area contributed by atoms with Gasteiger partial charge in [0.15, 0.2) is 6.23 Å². The van der Waals surface area contributed by atoms with Crippen molar-refractivity contribution in [3.8, 4) is 0 Å². The molecule has 12 nitrogen and oxygen atoms in total. The number of aliphatic hydroxyl groups is 2. The molecule has 1 aliphatic heterocycles. The Balaban J connectivity index is 2.14. The van der Waals surface area contributed by atoms with Crippen LogP contribution in [0.25, 0.3) is 0 Å². The Labute approximate surface area is 164 Å². The second-order valence-electron chi connectivity index (χ2n) is 5.65. The highest BCUT2D eigenvalue weighted by molar-refractivity contribution is 8.47. The number of aromatic amines is 1. The van der Waals surface area contributed by atoms with Gasteiger partial charge in [0, 0.05) is 12.3 Å². The van der Waals surface area contributed by atoms with E-state index < -0.39 is 55.9 Å². The number of aliphatic hydroxyl groups excluding tert-OH is 2. The van der Waals surface area contributed by atoms with Gasteiger partial charge in [-0.1, -0.05) is 0 Å². The molecule has 0 aliphatic carbocycles. The van der Waals surface area contributed by atoms with Crippen LogP contribution < -0.4 is 11.2 Å². The molecule has 0 aromatic carbocycles. The van der Waals surface area contributed by atoms with E-state index in [-0.39, 0.29) is 13.2 Å². The maximum atomic E-state index is 12.6. The molecule has 0 spiro atoms. The van der Waals surface area contributed by atoms with E-state index in [4.69, 9.17) is 30.1 Å². The maximum Gasteiger partial charge on any atom is 0.411 e. The highest BCUT2D eigenvalue weighted by atomic mass is 32.6. The van der Waals surface area contributed by atoms with Gasteiger partial charge in [-0.2, -0.15) is 0 Å². The normalized spacial score (nSPS) is 27.6. The van der Waals surface area contributed by atoms with Crippen molar-refractivity contribution in [2.24, 2.45) is 0 Å². The van der Waals surface area contributed by atoms with Crippen molar-refractivity contribution in [2.75, 3.05) is 19.8 Å². The van der Waals surface area contributed by atoms with Crippen LogP contribution >= 0.6 is 13.5 Å². The van der Waals surface area contributed by atoms with Crippen LogP contribution in [-0.4, -0.2) is 62.8 Å². The quantitative estimate of drug-likeness (QED) is 0.356. The Kier molecular flexibility index (Phi) is 7.90. The van der Waals surface area contributed by atoms with E-state index in [0.29, 0.717) is 0 Å². The van der Waals surface area contributed by atoms with Crippen LogP contribution in [0, 0.1) is 0 Å². The summed E-state index contributed by atoms with van der Waals surface area (Å²) in [5.74, 6) is 0. The van der Waals surface area contributed by atoms with E-state index in [1.165, 1.54) is 13.8 Å². The molecule has 2 heterocycles. The summed E-state index contributed by atoms with van der Waals surface area (Å²) in [7, 11) is -4.14. The zero-order valence-corrected chi connectivity index (χ0v) is 17.6. The SMILES string of the molecule is CCOP(=O)(OCC)P(O)(=S)OC[C@H]1O[C@@H](n2ccc(=O)[nH]c2=O)[C@H](O)[C@@H]1O.